The fourth-order valence-corrected chi connectivity index (χ4v) is 5.22. The minimum absolute atomic E-state index is 0.172. The summed E-state index contributed by atoms with van der Waals surface area (Å²) in [6, 6.07) is 5.93. The SMILES string of the molecule is CCOC(=O)N1CCN([C@@H](C)C(=O)Nc2ccc(S(=O)(=O)N3CCCC3)cc2)CC1. The van der Waals surface area contributed by atoms with E-state index < -0.39 is 10.0 Å². The number of ether oxygens (including phenoxy) is 1. The Kier molecular flexibility index (Phi) is 7.32. The predicted molar refractivity (Wildman–Crippen MR) is 113 cm³/mol. The lowest BCUT2D eigenvalue weighted by atomic mass is 10.2. The van der Waals surface area contributed by atoms with Gasteiger partial charge in [-0.05, 0) is 51.0 Å². The lowest BCUT2D eigenvalue weighted by molar-refractivity contribution is -0.121. The van der Waals surface area contributed by atoms with Gasteiger partial charge in [0.05, 0.1) is 17.5 Å². The van der Waals surface area contributed by atoms with Crippen molar-refractivity contribution in [2.45, 2.75) is 37.6 Å². The summed E-state index contributed by atoms with van der Waals surface area (Å²) < 4.78 is 31.7. The molecule has 3 rings (SSSR count). The van der Waals surface area contributed by atoms with Gasteiger partial charge in [0.25, 0.3) is 0 Å². The summed E-state index contributed by atoms with van der Waals surface area (Å²) in [5, 5.41) is 2.85. The van der Waals surface area contributed by atoms with Crippen molar-refractivity contribution in [1.29, 1.82) is 0 Å². The minimum atomic E-state index is -3.46. The fourth-order valence-electron chi connectivity index (χ4n) is 3.71. The Labute approximate surface area is 178 Å². The number of anilines is 1. The number of carbonyl (C=O) groups excluding carboxylic acids is 2. The third-order valence-corrected chi connectivity index (χ3v) is 7.50. The lowest BCUT2D eigenvalue weighted by Crippen LogP contribution is -2.54. The summed E-state index contributed by atoms with van der Waals surface area (Å²) in [7, 11) is -3.46. The number of hydrogen-bond donors (Lipinski definition) is 1. The molecule has 0 aliphatic carbocycles. The molecule has 0 radical (unpaired) electrons. The van der Waals surface area contributed by atoms with Crippen molar-refractivity contribution in [2.75, 3.05) is 51.2 Å². The topological polar surface area (TPSA) is 99.3 Å². The van der Waals surface area contributed by atoms with Gasteiger partial charge in [-0.15, -0.1) is 0 Å². The van der Waals surface area contributed by atoms with E-state index in [4.69, 9.17) is 4.74 Å². The molecule has 9 nitrogen and oxygen atoms in total. The zero-order valence-corrected chi connectivity index (χ0v) is 18.4. The van der Waals surface area contributed by atoms with Crippen molar-refractivity contribution in [1.82, 2.24) is 14.1 Å². The monoisotopic (exact) mass is 438 g/mol. The highest BCUT2D eigenvalue weighted by Gasteiger charge is 2.29. The Hall–Kier alpha value is -2.17. The van der Waals surface area contributed by atoms with Gasteiger partial charge in [0.1, 0.15) is 0 Å². The number of sulfonamides is 1. The molecule has 0 unspecified atom stereocenters. The van der Waals surface area contributed by atoms with Crippen LogP contribution in [0.25, 0.3) is 0 Å². The van der Waals surface area contributed by atoms with Gasteiger partial charge >= 0.3 is 6.09 Å². The molecule has 0 bridgehead atoms. The largest absolute Gasteiger partial charge is 0.450 e. The number of carbonyl (C=O) groups is 2. The first-order chi connectivity index (χ1) is 14.3. The number of nitrogens with zero attached hydrogens (tertiary/aromatic N) is 3. The molecular formula is C20H30N4O5S. The molecule has 2 saturated heterocycles. The molecule has 1 atom stereocenters. The molecular weight excluding hydrogens is 408 g/mol. The van der Waals surface area contributed by atoms with E-state index in [-0.39, 0.29) is 22.9 Å². The van der Waals surface area contributed by atoms with Crippen molar-refractivity contribution >= 4 is 27.7 Å². The molecule has 30 heavy (non-hydrogen) atoms. The first kappa shape index (κ1) is 22.5. The van der Waals surface area contributed by atoms with Gasteiger partial charge in [0, 0.05) is 45.0 Å². The lowest BCUT2D eigenvalue weighted by Gasteiger charge is -2.36. The van der Waals surface area contributed by atoms with E-state index in [1.165, 1.54) is 16.4 Å². The molecule has 2 amide bonds. The van der Waals surface area contributed by atoms with E-state index in [0.717, 1.165) is 12.8 Å². The molecule has 1 N–H and O–H groups in total. The highest BCUT2D eigenvalue weighted by atomic mass is 32.2. The van der Waals surface area contributed by atoms with Crippen molar-refractivity contribution < 1.29 is 22.7 Å². The molecule has 1 aromatic carbocycles. The second-order valence-corrected chi connectivity index (χ2v) is 9.46. The number of rotatable bonds is 6. The van der Waals surface area contributed by atoms with Crippen LogP contribution in [0.4, 0.5) is 10.5 Å². The zero-order chi connectivity index (χ0) is 21.7. The molecule has 2 aliphatic rings. The van der Waals surface area contributed by atoms with Crippen LogP contribution in [0.1, 0.15) is 26.7 Å². The van der Waals surface area contributed by atoms with Crippen LogP contribution >= 0.6 is 0 Å². The van der Waals surface area contributed by atoms with Gasteiger partial charge in [-0.1, -0.05) is 0 Å². The maximum Gasteiger partial charge on any atom is 0.409 e. The first-order valence-corrected chi connectivity index (χ1v) is 11.8. The Bertz CT molecular complexity index is 844. The number of benzene rings is 1. The Balaban J connectivity index is 1.54. The van der Waals surface area contributed by atoms with E-state index in [0.29, 0.717) is 51.6 Å². The van der Waals surface area contributed by atoms with E-state index in [1.54, 1.807) is 24.0 Å². The number of hydrogen-bond acceptors (Lipinski definition) is 6. The van der Waals surface area contributed by atoms with Crippen molar-refractivity contribution in [3.8, 4) is 0 Å². The smallest absolute Gasteiger partial charge is 0.409 e. The van der Waals surface area contributed by atoms with Crippen LogP contribution in [-0.4, -0.2) is 86.4 Å². The normalized spacial score (nSPS) is 19.5. The highest BCUT2D eigenvalue weighted by Crippen LogP contribution is 2.22. The Morgan fingerprint density at radius 2 is 1.63 bits per heavy atom. The average molecular weight is 439 g/mol. The van der Waals surface area contributed by atoms with Crippen LogP contribution in [0.5, 0.6) is 0 Å². The fraction of sp³-hybridized carbons (Fsp3) is 0.600. The second kappa shape index (κ2) is 9.76. The van der Waals surface area contributed by atoms with Crippen molar-refractivity contribution in [2.24, 2.45) is 0 Å². The summed E-state index contributed by atoms with van der Waals surface area (Å²) in [6.07, 6.45) is 1.46. The summed E-state index contributed by atoms with van der Waals surface area (Å²) in [5.74, 6) is -0.172. The molecule has 2 heterocycles. The van der Waals surface area contributed by atoms with Crippen LogP contribution < -0.4 is 5.32 Å². The van der Waals surface area contributed by atoms with Gasteiger partial charge in [0.15, 0.2) is 0 Å². The first-order valence-electron chi connectivity index (χ1n) is 10.4. The maximum atomic E-state index is 12.6. The van der Waals surface area contributed by atoms with Gasteiger partial charge in [0.2, 0.25) is 15.9 Å². The maximum absolute atomic E-state index is 12.6. The summed E-state index contributed by atoms with van der Waals surface area (Å²) in [5.41, 5.74) is 0.553. The second-order valence-electron chi connectivity index (χ2n) is 7.52. The number of nitrogens with one attached hydrogen (secondary N) is 1. The van der Waals surface area contributed by atoms with Crippen molar-refractivity contribution in [3.05, 3.63) is 24.3 Å². The quantitative estimate of drug-likeness (QED) is 0.724. The van der Waals surface area contributed by atoms with E-state index in [2.05, 4.69) is 5.32 Å². The van der Waals surface area contributed by atoms with Crippen LogP contribution in [0.15, 0.2) is 29.2 Å². The molecule has 166 valence electrons. The molecule has 1 aromatic rings. The van der Waals surface area contributed by atoms with Crippen LogP contribution in [0, 0.1) is 0 Å². The van der Waals surface area contributed by atoms with Crippen LogP contribution in [0.3, 0.4) is 0 Å². The molecule has 0 saturated carbocycles. The molecule has 2 fully saturated rings. The van der Waals surface area contributed by atoms with E-state index in [9.17, 15) is 18.0 Å². The zero-order valence-electron chi connectivity index (χ0n) is 17.5. The van der Waals surface area contributed by atoms with Gasteiger partial charge in [-0.3, -0.25) is 9.69 Å². The third kappa shape index (κ3) is 5.11. The average Bonchev–Trinajstić information content (AvgIpc) is 3.30. The van der Waals surface area contributed by atoms with Gasteiger partial charge < -0.3 is 15.0 Å². The predicted octanol–water partition coefficient (Wildman–Crippen LogP) is 1.57. The van der Waals surface area contributed by atoms with Crippen LogP contribution in [-0.2, 0) is 19.6 Å². The number of piperazine rings is 1. The molecule has 10 heteroatoms. The summed E-state index contributed by atoms with van der Waals surface area (Å²) >= 11 is 0. The standard InChI is InChI=1S/C20H30N4O5S/c1-3-29-20(26)23-14-12-22(13-15-23)16(2)19(25)21-17-6-8-18(9-7-17)30(27,28)24-10-4-5-11-24/h6-9,16H,3-5,10-15H2,1-2H3,(H,21,25)/t16-/m0/s1. The summed E-state index contributed by atoms with van der Waals surface area (Å²) in [4.78, 5) is 28.3. The van der Waals surface area contributed by atoms with E-state index >= 15 is 0 Å². The highest BCUT2D eigenvalue weighted by molar-refractivity contribution is 7.89. The molecule has 0 spiro atoms. The van der Waals surface area contributed by atoms with Crippen LogP contribution in [0.2, 0.25) is 0 Å². The Morgan fingerprint density at radius 3 is 2.20 bits per heavy atom. The third-order valence-electron chi connectivity index (χ3n) is 5.59. The summed E-state index contributed by atoms with van der Waals surface area (Å²) in [6.45, 7) is 7.25. The van der Waals surface area contributed by atoms with Gasteiger partial charge in [-0.25, -0.2) is 13.2 Å². The van der Waals surface area contributed by atoms with Gasteiger partial charge in [-0.2, -0.15) is 4.31 Å². The number of amides is 2. The minimum Gasteiger partial charge on any atom is -0.450 e. The van der Waals surface area contributed by atoms with Crippen molar-refractivity contribution in [3.63, 3.8) is 0 Å². The molecule has 0 aromatic heterocycles. The van der Waals surface area contributed by atoms with E-state index in [1.807, 2.05) is 11.8 Å². The molecule has 2 aliphatic heterocycles. The Morgan fingerprint density at radius 1 is 1.03 bits per heavy atom.